The maximum Gasteiger partial charge on any atom is 0.242 e. The van der Waals surface area contributed by atoms with Crippen molar-refractivity contribution in [1.82, 2.24) is 10.2 Å². The predicted molar refractivity (Wildman–Crippen MR) is 114 cm³/mol. The van der Waals surface area contributed by atoms with Gasteiger partial charge >= 0.3 is 0 Å². The highest BCUT2D eigenvalue weighted by molar-refractivity contribution is 5.88. The normalized spacial score (nSPS) is 12.0. The molecule has 29 heavy (non-hydrogen) atoms. The van der Waals surface area contributed by atoms with E-state index in [1.54, 1.807) is 24.0 Å². The summed E-state index contributed by atoms with van der Waals surface area (Å²) in [6, 6.07) is 11.4. The Bertz CT molecular complexity index is 846. The Labute approximate surface area is 173 Å². The molecule has 2 aromatic rings. The molecule has 0 saturated carbocycles. The molecule has 0 aliphatic heterocycles. The highest BCUT2D eigenvalue weighted by atomic mass is 19.1. The van der Waals surface area contributed by atoms with Gasteiger partial charge in [0.2, 0.25) is 11.8 Å². The van der Waals surface area contributed by atoms with E-state index in [0.29, 0.717) is 12.5 Å². The van der Waals surface area contributed by atoms with Crippen molar-refractivity contribution in [2.75, 3.05) is 6.54 Å². The van der Waals surface area contributed by atoms with E-state index in [1.165, 1.54) is 12.1 Å². The van der Waals surface area contributed by atoms with E-state index in [9.17, 15) is 14.0 Å². The fourth-order valence-electron chi connectivity index (χ4n) is 3.08. The molecule has 0 heterocycles. The Hall–Kier alpha value is -2.69. The quantitative estimate of drug-likeness (QED) is 0.725. The number of nitrogens with one attached hydrogen (secondary N) is 1. The average Bonchev–Trinajstić information content (AvgIpc) is 2.67. The third-order valence-electron chi connectivity index (χ3n) is 4.96. The van der Waals surface area contributed by atoms with Gasteiger partial charge in [-0.1, -0.05) is 49.7 Å². The first-order chi connectivity index (χ1) is 13.7. The smallest absolute Gasteiger partial charge is 0.242 e. The van der Waals surface area contributed by atoms with Crippen LogP contribution in [0.5, 0.6) is 0 Å². The fraction of sp³-hybridized carbons (Fsp3) is 0.417. The third kappa shape index (κ3) is 6.70. The van der Waals surface area contributed by atoms with Gasteiger partial charge in [-0.3, -0.25) is 9.59 Å². The van der Waals surface area contributed by atoms with Crippen molar-refractivity contribution < 1.29 is 14.0 Å². The van der Waals surface area contributed by atoms with Crippen LogP contribution in [0.1, 0.15) is 43.0 Å². The van der Waals surface area contributed by atoms with Crippen LogP contribution in [0.25, 0.3) is 0 Å². The van der Waals surface area contributed by atoms with Gasteiger partial charge in [0.25, 0.3) is 0 Å². The van der Waals surface area contributed by atoms with Gasteiger partial charge in [0.15, 0.2) is 0 Å². The zero-order valence-corrected chi connectivity index (χ0v) is 18.0. The first-order valence-electron chi connectivity index (χ1n) is 10.0. The van der Waals surface area contributed by atoms with E-state index in [1.807, 2.05) is 45.9 Å². The molecule has 5 heteroatoms. The average molecular weight is 399 g/mol. The molecule has 0 aromatic heterocycles. The number of halogens is 1. The number of carbonyl (C=O) groups excluding carboxylic acids is 2. The highest BCUT2D eigenvalue weighted by Crippen LogP contribution is 2.16. The minimum absolute atomic E-state index is 0.129. The Kier molecular flexibility index (Phi) is 7.94. The minimum atomic E-state index is -0.628. The van der Waals surface area contributed by atoms with Crippen LogP contribution in [0.15, 0.2) is 42.5 Å². The van der Waals surface area contributed by atoms with Gasteiger partial charge in [-0.05, 0) is 55.5 Å². The second kappa shape index (κ2) is 10.2. The third-order valence-corrected chi connectivity index (χ3v) is 4.96. The standard InChI is InChI=1S/C24H31FN2O2/c1-16(2)14-26-24(29)19(5)27(15-20-8-10-22(25)11-9-20)23(28)13-21-12-17(3)6-7-18(21)4/h6-12,16,19H,13-15H2,1-5H3,(H,26,29)/t19-/m1/s1. The van der Waals surface area contributed by atoms with E-state index < -0.39 is 6.04 Å². The zero-order chi connectivity index (χ0) is 21.6. The van der Waals surface area contributed by atoms with Gasteiger partial charge in [0, 0.05) is 13.1 Å². The van der Waals surface area contributed by atoms with Crippen molar-refractivity contribution >= 4 is 11.8 Å². The lowest BCUT2D eigenvalue weighted by Gasteiger charge is -2.29. The molecule has 156 valence electrons. The number of hydrogen-bond acceptors (Lipinski definition) is 2. The molecule has 0 aliphatic rings. The van der Waals surface area contributed by atoms with Gasteiger partial charge in [0.1, 0.15) is 11.9 Å². The molecule has 0 radical (unpaired) electrons. The number of benzene rings is 2. The molecule has 0 unspecified atom stereocenters. The Morgan fingerprint density at radius 2 is 1.69 bits per heavy atom. The van der Waals surface area contributed by atoms with E-state index in [4.69, 9.17) is 0 Å². The maximum atomic E-state index is 13.3. The molecule has 0 aliphatic carbocycles. The minimum Gasteiger partial charge on any atom is -0.354 e. The molecule has 2 rings (SSSR count). The van der Waals surface area contributed by atoms with Gasteiger partial charge in [0.05, 0.1) is 6.42 Å². The summed E-state index contributed by atoms with van der Waals surface area (Å²) < 4.78 is 13.3. The zero-order valence-electron chi connectivity index (χ0n) is 18.0. The van der Waals surface area contributed by atoms with Crippen molar-refractivity contribution in [3.05, 3.63) is 70.5 Å². The van der Waals surface area contributed by atoms with Crippen LogP contribution in [-0.4, -0.2) is 29.3 Å². The van der Waals surface area contributed by atoms with Crippen molar-refractivity contribution in [3.8, 4) is 0 Å². The van der Waals surface area contributed by atoms with Crippen molar-refractivity contribution in [2.45, 2.75) is 53.6 Å². The van der Waals surface area contributed by atoms with Crippen molar-refractivity contribution in [1.29, 1.82) is 0 Å². The molecule has 4 nitrogen and oxygen atoms in total. The van der Waals surface area contributed by atoms with Gasteiger partial charge in [-0.15, -0.1) is 0 Å². The number of amides is 2. The van der Waals surface area contributed by atoms with E-state index >= 15 is 0 Å². The van der Waals surface area contributed by atoms with E-state index in [0.717, 1.165) is 22.3 Å². The molecule has 0 bridgehead atoms. The number of hydrogen-bond donors (Lipinski definition) is 1. The molecule has 0 fully saturated rings. The number of nitrogens with zero attached hydrogens (tertiary/aromatic N) is 1. The molecule has 1 atom stereocenters. The summed E-state index contributed by atoms with van der Waals surface area (Å²) in [5.74, 6) is -0.322. The van der Waals surface area contributed by atoms with Crippen LogP contribution < -0.4 is 5.32 Å². The number of rotatable bonds is 8. The van der Waals surface area contributed by atoms with Gasteiger partial charge < -0.3 is 10.2 Å². The molecule has 2 aromatic carbocycles. The monoisotopic (exact) mass is 398 g/mol. The second-order valence-electron chi connectivity index (χ2n) is 8.07. The van der Waals surface area contributed by atoms with Crippen LogP contribution in [0.3, 0.4) is 0 Å². The lowest BCUT2D eigenvalue weighted by atomic mass is 10.0. The molecule has 0 spiro atoms. The summed E-state index contributed by atoms with van der Waals surface area (Å²) in [4.78, 5) is 27.4. The summed E-state index contributed by atoms with van der Waals surface area (Å²) in [7, 11) is 0. The molecular formula is C24H31FN2O2. The van der Waals surface area contributed by atoms with E-state index in [-0.39, 0.29) is 30.6 Å². The summed E-state index contributed by atoms with van der Waals surface area (Å²) in [5.41, 5.74) is 3.87. The Balaban J connectivity index is 2.24. The number of carbonyl (C=O) groups is 2. The van der Waals surface area contributed by atoms with Gasteiger partial charge in [-0.2, -0.15) is 0 Å². The summed E-state index contributed by atoms with van der Waals surface area (Å²) in [5, 5.41) is 2.90. The van der Waals surface area contributed by atoms with Crippen LogP contribution in [0.2, 0.25) is 0 Å². The molecule has 2 amide bonds. The SMILES string of the molecule is Cc1ccc(C)c(CC(=O)N(Cc2ccc(F)cc2)[C@H](C)C(=O)NCC(C)C)c1. The molecule has 1 N–H and O–H groups in total. The Morgan fingerprint density at radius 1 is 1.03 bits per heavy atom. The van der Waals surface area contributed by atoms with Crippen LogP contribution in [0, 0.1) is 25.6 Å². The van der Waals surface area contributed by atoms with Crippen LogP contribution in [-0.2, 0) is 22.6 Å². The first kappa shape index (κ1) is 22.6. The first-order valence-corrected chi connectivity index (χ1v) is 10.0. The molecule has 0 saturated heterocycles. The predicted octanol–water partition coefficient (Wildman–Crippen LogP) is 4.17. The molecular weight excluding hydrogens is 367 g/mol. The second-order valence-corrected chi connectivity index (χ2v) is 8.07. The topological polar surface area (TPSA) is 49.4 Å². The summed E-state index contributed by atoms with van der Waals surface area (Å²) >= 11 is 0. The summed E-state index contributed by atoms with van der Waals surface area (Å²) in [6.07, 6.45) is 0.219. The fourth-order valence-corrected chi connectivity index (χ4v) is 3.08. The van der Waals surface area contributed by atoms with Gasteiger partial charge in [-0.25, -0.2) is 4.39 Å². The van der Waals surface area contributed by atoms with Crippen molar-refractivity contribution in [2.24, 2.45) is 5.92 Å². The number of aryl methyl sites for hydroxylation is 2. The highest BCUT2D eigenvalue weighted by Gasteiger charge is 2.26. The van der Waals surface area contributed by atoms with E-state index in [2.05, 4.69) is 5.32 Å². The largest absolute Gasteiger partial charge is 0.354 e. The van der Waals surface area contributed by atoms with Crippen LogP contribution >= 0.6 is 0 Å². The maximum absolute atomic E-state index is 13.3. The lowest BCUT2D eigenvalue weighted by molar-refractivity contribution is -0.140. The van der Waals surface area contributed by atoms with Crippen molar-refractivity contribution in [3.63, 3.8) is 0 Å². The summed E-state index contributed by atoms with van der Waals surface area (Å²) in [6.45, 7) is 10.6. The Morgan fingerprint density at radius 3 is 2.31 bits per heavy atom. The van der Waals surface area contributed by atoms with Crippen LogP contribution in [0.4, 0.5) is 4.39 Å². The lowest BCUT2D eigenvalue weighted by Crippen LogP contribution is -2.48.